The van der Waals surface area contributed by atoms with Crippen molar-refractivity contribution in [1.29, 1.82) is 0 Å². The van der Waals surface area contributed by atoms with Crippen molar-refractivity contribution in [3.05, 3.63) is 46.2 Å². The monoisotopic (exact) mass is 314 g/mol. The minimum absolute atomic E-state index is 0.0289. The van der Waals surface area contributed by atoms with Gasteiger partial charge in [-0.05, 0) is 24.6 Å². The van der Waals surface area contributed by atoms with Gasteiger partial charge >= 0.3 is 0 Å². The Hall–Kier alpha value is -1.23. The third-order valence-corrected chi connectivity index (χ3v) is 3.42. The minimum Gasteiger partial charge on any atom is -0.381 e. The zero-order valence-corrected chi connectivity index (χ0v) is 12.5. The highest BCUT2D eigenvalue weighted by Gasteiger charge is 2.15. The first-order chi connectivity index (χ1) is 9.51. The van der Waals surface area contributed by atoms with Crippen molar-refractivity contribution in [2.75, 3.05) is 7.11 Å². The molecule has 3 nitrogen and oxygen atoms in total. The summed E-state index contributed by atoms with van der Waals surface area (Å²) in [6.45, 7) is 1.90. The van der Waals surface area contributed by atoms with Gasteiger partial charge in [0.05, 0.1) is 11.7 Å². The summed E-state index contributed by atoms with van der Waals surface area (Å²) in [5.41, 5.74) is 1.18. The average Bonchev–Trinajstić information content (AvgIpc) is 2.40. The number of aromatic nitrogens is 2. The molecule has 0 saturated carbocycles. The molecule has 1 unspecified atom stereocenters. The van der Waals surface area contributed by atoms with E-state index in [1.807, 2.05) is 6.92 Å². The van der Waals surface area contributed by atoms with Gasteiger partial charge in [0.1, 0.15) is 21.9 Å². The highest BCUT2D eigenvalue weighted by atomic mass is 35.5. The molecule has 0 saturated heterocycles. The van der Waals surface area contributed by atoms with E-state index in [9.17, 15) is 4.39 Å². The molecule has 0 N–H and O–H groups in total. The standard InChI is InChI=1S/C14H13Cl2FN2O/c1-8(20-2)7-11-18-13(15)12(14(16)19-11)9-3-5-10(17)6-4-9/h3-6,8H,7H2,1-2H3. The molecule has 20 heavy (non-hydrogen) atoms. The zero-order chi connectivity index (χ0) is 14.7. The fraction of sp³-hybridized carbons (Fsp3) is 0.286. The van der Waals surface area contributed by atoms with Crippen LogP contribution in [-0.2, 0) is 11.2 Å². The summed E-state index contributed by atoms with van der Waals surface area (Å²) < 4.78 is 18.1. The van der Waals surface area contributed by atoms with Crippen molar-refractivity contribution in [2.45, 2.75) is 19.4 Å². The van der Waals surface area contributed by atoms with E-state index >= 15 is 0 Å². The van der Waals surface area contributed by atoms with Gasteiger partial charge in [-0.2, -0.15) is 0 Å². The van der Waals surface area contributed by atoms with Gasteiger partial charge in [-0.1, -0.05) is 35.3 Å². The van der Waals surface area contributed by atoms with E-state index in [2.05, 4.69) is 9.97 Å². The number of benzene rings is 1. The molecule has 2 aromatic rings. The number of ether oxygens (including phenoxy) is 1. The van der Waals surface area contributed by atoms with Gasteiger partial charge in [0.25, 0.3) is 0 Å². The maximum atomic E-state index is 12.9. The van der Waals surface area contributed by atoms with Crippen molar-refractivity contribution in [3.63, 3.8) is 0 Å². The van der Waals surface area contributed by atoms with Crippen molar-refractivity contribution >= 4 is 23.2 Å². The van der Waals surface area contributed by atoms with Gasteiger partial charge in [0.2, 0.25) is 0 Å². The molecule has 1 aromatic carbocycles. The lowest BCUT2D eigenvalue weighted by Gasteiger charge is -2.11. The van der Waals surface area contributed by atoms with Gasteiger partial charge in [0, 0.05) is 13.5 Å². The Kier molecular flexibility index (Phi) is 4.91. The van der Waals surface area contributed by atoms with Crippen molar-refractivity contribution < 1.29 is 9.13 Å². The topological polar surface area (TPSA) is 35.0 Å². The highest BCUT2D eigenvalue weighted by molar-refractivity contribution is 6.37. The summed E-state index contributed by atoms with van der Waals surface area (Å²) in [6, 6.07) is 5.85. The Labute approximate surface area is 126 Å². The molecular formula is C14H13Cl2FN2O. The molecule has 0 aliphatic rings. The number of nitrogens with zero attached hydrogens (tertiary/aromatic N) is 2. The van der Waals surface area contributed by atoms with Crippen LogP contribution in [-0.4, -0.2) is 23.2 Å². The lowest BCUT2D eigenvalue weighted by atomic mass is 10.1. The van der Waals surface area contributed by atoms with Crippen LogP contribution in [0.5, 0.6) is 0 Å². The molecule has 0 spiro atoms. The third kappa shape index (κ3) is 3.45. The van der Waals surface area contributed by atoms with E-state index in [0.717, 1.165) is 0 Å². The van der Waals surface area contributed by atoms with Crippen LogP contribution in [0.1, 0.15) is 12.7 Å². The fourth-order valence-corrected chi connectivity index (χ4v) is 2.38. The number of hydrogen-bond donors (Lipinski definition) is 0. The van der Waals surface area contributed by atoms with Crippen LogP contribution < -0.4 is 0 Å². The van der Waals surface area contributed by atoms with Crippen molar-refractivity contribution in [2.24, 2.45) is 0 Å². The van der Waals surface area contributed by atoms with Gasteiger partial charge < -0.3 is 4.74 Å². The Morgan fingerprint density at radius 3 is 2.20 bits per heavy atom. The van der Waals surface area contributed by atoms with Gasteiger partial charge in [-0.25, -0.2) is 14.4 Å². The van der Waals surface area contributed by atoms with Crippen LogP contribution in [0.2, 0.25) is 10.3 Å². The van der Waals surface area contributed by atoms with Crippen LogP contribution in [0.15, 0.2) is 24.3 Å². The van der Waals surface area contributed by atoms with Gasteiger partial charge in [-0.15, -0.1) is 0 Å². The molecular weight excluding hydrogens is 302 g/mol. The van der Waals surface area contributed by atoms with E-state index < -0.39 is 0 Å². The number of hydrogen-bond acceptors (Lipinski definition) is 3. The SMILES string of the molecule is COC(C)Cc1nc(Cl)c(-c2ccc(F)cc2)c(Cl)n1. The molecule has 0 amide bonds. The molecule has 0 radical (unpaired) electrons. The summed E-state index contributed by atoms with van der Waals surface area (Å²) in [7, 11) is 1.61. The fourth-order valence-electron chi connectivity index (χ4n) is 1.74. The third-order valence-electron chi connectivity index (χ3n) is 2.87. The molecule has 2 rings (SSSR count). The molecule has 1 aromatic heterocycles. The van der Waals surface area contributed by atoms with Crippen molar-refractivity contribution in [1.82, 2.24) is 9.97 Å². The Morgan fingerprint density at radius 2 is 1.70 bits per heavy atom. The molecule has 0 bridgehead atoms. The molecule has 6 heteroatoms. The summed E-state index contributed by atoms with van der Waals surface area (Å²) in [4.78, 5) is 8.43. The van der Waals surface area contributed by atoms with E-state index in [1.165, 1.54) is 12.1 Å². The lowest BCUT2D eigenvalue weighted by Crippen LogP contribution is -2.12. The first-order valence-electron chi connectivity index (χ1n) is 6.02. The maximum absolute atomic E-state index is 12.9. The summed E-state index contributed by atoms with van der Waals surface area (Å²) >= 11 is 12.3. The molecule has 1 atom stereocenters. The lowest BCUT2D eigenvalue weighted by molar-refractivity contribution is 0.117. The Morgan fingerprint density at radius 1 is 1.15 bits per heavy atom. The first kappa shape index (κ1) is 15.2. The number of methoxy groups -OCH3 is 1. The molecule has 106 valence electrons. The number of halogens is 3. The second kappa shape index (κ2) is 6.48. The van der Waals surface area contributed by atoms with Gasteiger partial charge in [-0.3, -0.25) is 0 Å². The largest absolute Gasteiger partial charge is 0.381 e. The normalized spacial score (nSPS) is 12.4. The smallest absolute Gasteiger partial charge is 0.142 e. The molecule has 0 aliphatic carbocycles. The van der Waals surface area contributed by atoms with E-state index in [0.29, 0.717) is 23.4 Å². The van der Waals surface area contributed by atoms with Crippen LogP contribution in [0.25, 0.3) is 11.1 Å². The highest BCUT2D eigenvalue weighted by Crippen LogP contribution is 2.32. The molecule has 1 heterocycles. The summed E-state index contributed by atoms with van der Waals surface area (Å²) in [6.07, 6.45) is 0.485. The average molecular weight is 315 g/mol. The number of rotatable bonds is 4. The molecule has 0 fully saturated rings. The van der Waals surface area contributed by atoms with Crippen LogP contribution in [0, 0.1) is 5.82 Å². The maximum Gasteiger partial charge on any atom is 0.142 e. The quantitative estimate of drug-likeness (QED) is 0.794. The van der Waals surface area contributed by atoms with E-state index in [1.54, 1.807) is 19.2 Å². The van der Waals surface area contributed by atoms with Crippen LogP contribution in [0.3, 0.4) is 0 Å². The summed E-state index contributed by atoms with van der Waals surface area (Å²) in [5.74, 6) is 0.188. The van der Waals surface area contributed by atoms with Crippen molar-refractivity contribution in [3.8, 4) is 11.1 Å². The summed E-state index contributed by atoms with van der Waals surface area (Å²) in [5, 5.41) is 0.491. The Balaban J connectivity index is 2.38. The first-order valence-corrected chi connectivity index (χ1v) is 6.77. The predicted octanol–water partition coefficient (Wildman–Crippen LogP) is 4.17. The van der Waals surface area contributed by atoms with Crippen LogP contribution >= 0.6 is 23.2 Å². The second-order valence-electron chi connectivity index (χ2n) is 4.35. The van der Waals surface area contributed by atoms with E-state index in [-0.39, 0.29) is 22.2 Å². The Bertz CT molecular complexity index is 582. The minimum atomic E-state index is -0.326. The van der Waals surface area contributed by atoms with E-state index in [4.69, 9.17) is 27.9 Å². The zero-order valence-electron chi connectivity index (χ0n) is 11.0. The van der Waals surface area contributed by atoms with Gasteiger partial charge in [0.15, 0.2) is 0 Å². The second-order valence-corrected chi connectivity index (χ2v) is 5.07. The predicted molar refractivity (Wildman–Crippen MR) is 77.6 cm³/mol. The van der Waals surface area contributed by atoms with Crippen LogP contribution in [0.4, 0.5) is 4.39 Å². The molecule has 0 aliphatic heterocycles.